The van der Waals surface area contributed by atoms with E-state index in [2.05, 4.69) is 26.2 Å². The number of imidazole rings is 1. The third kappa shape index (κ3) is 4.81. The number of aryl methyl sites for hydroxylation is 1. The van der Waals surface area contributed by atoms with Gasteiger partial charge in [0.15, 0.2) is 0 Å². The molecule has 1 heterocycles. The number of halogens is 1. The molecule has 0 bridgehead atoms. The third-order valence-electron chi connectivity index (χ3n) is 3.03. The van der Waals surface area contributed by atoms with E-state index >= 15 is 0 Å². The summed E-state index contributed by atoms with van der Waals surface area (Å²) >= 11 is 3.45. The molecule has 0 aliphatic rings. The Balaban J connectivity index is 1.62. The highest BCUT2D eigenvalue weighted by Crippen LogP contribution is 2.16. The van der Waals surface area contributed by atoms with Crippen LogP contribution in [-0.2, 0) is 17.8 Å². The molecule has 1 aromatic carbocycles. The highest BCUT2D eigenvalue weighted by atomic mass is 79.9. The summed E-state index contributed by atoms with van der Waals surface area (Å²) in [6.45, 7) is 1.66. The fourth-order valence-corrected chi connectivity index (χ4v) is 2.37. The topological polar surface area (TPSA) is 46.9 Å². The number of unbranched alkanes of at least 4 members (excludes halogenated alkanes) is 1. The molecule has 0 saturated heterocycles. The van der Waals surface area contributed by atoms with Crippen LogP contribution >= 0.6 is 15.9 Å². The molecule has 1 N–H and O–H groups in total. The van der Waals surface area contributed by atoms with Crippen molar-refractivity contribution in [1.29, 1.82) is 0 Å². The number of benzene rings is 1. The first-order valence-electron chi connectivity index (χ1n) is 6.71. The predicted octanol–water partition coefficient (Wildman–Crippen LogP) is 2.78. The zero-order chi connectivity index (χ0) is 14.2. The van der Waals surface area contributed by atoms with Crippen LogP contribution in [0.4, 0.5) is 0 Å². The summed E-state index contributed by atoms with van der Waals surface area (Å²) in [7, 11) is 0. The highest BCUT2D eigenvalue weighted by molar-refractivity contribution is 9.10. The Morgan fingerprint density at radius 3 is 2.90 bits per heavy atom. The molecule has 1 amide bonds. The largest absolute Gasteiger partial charge is 0.356 e. The summed E-state index contributed by atoms with van der Waals surface area (Å²) in [5.74, 6) is 0.0690. The molecule has 5 heteroatoms. The van der Waals surface area contributed by atoms with E-state index in [1.807, 2.05) is 41.4 Å². The van der Waals surface area contributed by atoms with E-state index in [4.69, 9.17) is 0 Å². The van der Waals surface area contributed by atoms with Gasteiger partial charge in [0, 0.05) is 30.0 Å². The van der Waals surface area contributed by atoms with Crippen LogP contribution in [0.15, 0.2) is 47.5 Å². The maximum absolute atomic E-state index is 11.8. The minimum Gasteiger partial charge on any atom is -0.356 e. The van der Waals surface area contributed by atoms with Crippen molar-refractivity contribution in [1.82, 2.24) is 14.9 Å². The number of rotatable bonds is 7. The van der Waals surface area contributed by atoms with Gasteiger partial charge in [-0.15, -0.1) is 0 Å². The van der Waals surface area contributed by atoms with E-state index in [0.717, 1.165) is 36.0 Å². The van der Waals surface area contributed by atoms with Crippen LogP contribution in [0.2, 0.25) is 0 Å². The minimum absolute atomic E-state index is 0.0690. The fraction of sp³-hybridized carbons (Fsp3) is 0.333. The first-order valence-corrected chi connectivity index (χ1v) is 7.51. The van der Waals surface area contributed by atoms with E-state index in [-0.39, 0.29) is 5.91 Å². The molecule has 2 rings (SSSR count). The van der Waals surface area contributed by atoms with Gasteiger partial charge in [-0.3, -0.25) is 4.79 Å². The molecule has 20 heavy (non-hydrogen) atoms. The second-order valence-corrected chi connectivity index (χ2v) is 5.48. The van der Waals surface area contributed by atoms with Gasteiger partial charge in [-0.25, -0.2) is 4.98 Å². The molecule has 106 valence electrons. The molecule has 0 aliphatic carbocycles. The Bertz CT molecular complexity index is 540. The number of nitrogens with zero attached hydrogens (tertiary/aromatic N) is 2. The average molecular weight is 336 g/mol. The molecule has 0 aliphatic heterocycles. The summed E-state index contributed by atoms with van der Waals surface area (Å²) < 4.78 is 3.03. The number of amides is 1. The summed E-state index contributed by atoms with van der Waals surface area (Å²) in [5, 5.41) is 2.95. The SMILES string of the molecule is O=C(Cc1ccccc1Br)NCCCCn1ccnc1. The minimum atomic E-state index is 0.0690. The second kappa shape index (κ2) is 7.85. The molecule has 0 atom stereocenters. The quantitative estimate of drug-likeness (QED) is 0.791. The lowest BCUT2D eigenvalue weighted by molar-refractivity contribution is -0.120. The Morgan fingerprint density at radius 1 is 1.30 bits per heavy atom. The van der Waals surface area contributed by atoms with Crippen molar-refractivity contribution >= 4 is 21.8 Å². The van der Waals surface area contributed by atoms with Crippen molar-refractivity contribution in [2.24, 2.45) is 0 Å². The molecule has 0 spiro atoms. The lowest BCUT2D eigenvalue weighted by atomic mass is 10.1. The molecule has 0 saturated carbocycles. The first-order chi connectivity index (χ1) is 9.75. The van der Waals surface area contributed by atoms with Gasteiger partial charge in [0.25, 0.3) is 0 Å². The van der Waals surface area contributed by atoms with Crippen molar-refractivity contribution < 1.29 is 4.79 Å². The van der Waals surface area contributed by atoms with Gasteiger partial charge in [-0.05, 0) is 24.5 Å². The van der Waals surface area contributed by atoms with Crippen LogP contribution in [0.1, 0.15) is 18.4 Å². The summed E-state index contributed by atoms with van der Waals surface area (Å²) in [5.41, 5.74) is 1.02. The normalized spacial score (nSPS) is 10.4. The molecule has 0 fully saturated rings. The number of carbonyl (C=O) groups excluding carboxylic acids is 1. The molecule has 4 nitrogen and oxygen atoms in total. The van der Waals surface area contributed by atoms with E-state index < -0.39 is 0 Å². The van der Waals surface area contributed by atoms with Crippen LogP contribution in [-0.4, -0.2) is 22.0 Å². The van der Waals surface area contributed by atoms with Crippen molar-refractivity contribution in [3.05, 3.63) is 53.0 Å². The number of aromatic nitrogens is 2. The maximum Gasteiger partial charge on any atom is 0.224 e. The zero-order valence-corrected chi connectivity index (χ0v) is 12.8. The van der Waals surface area contributed by atoms with Gasteiger partial charge in [0.05, 0.1) is 12.7 Å². The third-order valence-corrected chi connectivity index (χ3v) is 3.81. The van der Waals surface area contributed by atoms with Gasteiger partial charge in [0.2, 0.25) is 5.91 Å². The number of hydrogen-bond donors (Lipinski definition) is 1. The molecular weight excluding hydrogens is 318 g/mol. The van der Waals surface area contributed by atoms with E-state index in [1.54, 1.807) is 6.20 Å². The van der Waals surface area contributed by atoms with Crippen molar-refractivity contribution in [2.75, 3.05) is 6.54 Å². The van der Waals surface area contributed by atoms with Crippen LogP contribution in [0.25, 0.3) is 0 Å². The Kier molecular flexibility index (Phi) is 5.80. The van der Waals surface area contributed by atoms with E-state index in [9.17, 15) is 4.79 Å². The van der Waals surface area contributed by atoms with E-state index in [1.165, 1.54) is 0 Å². The predicted molar refractivity (Wildman–Crippen MR) is 82.3 cm³/mol. The van der Waals surface area contributed by atoms with Crippen molar-refractivity contribution in [3.63, 3.8) is 0 Å². The molecular formula is C15H18BrN3O. The maximum atomic E-state index is 11.8. The van der Waals surface area contributed by atoms with Gasteiger partial charge in [0.1, 0.15) is 0 Å². The number of carbonyl (C=O) groups is 1. The Labute approximate surface area is 127 Å². The number of nitrogens with one attached hydrogen (secondary N) is 1. The lowest BCUT2D eigenvalue weighted by Gasteiger charge is -2.07. The van der Waals surface area contributed by atoms with Gasteiger partial charge >= 0.3 is 0 Å². The van der Waals surface area contributed by atoms with Crippen LogP contribution < -0.4 is 5.32 Å². The summed E-state index contributed by atoms with van der Waals surface area (Å²) in [4.78, 5) is 15.8. The van der Waals surface area contributed by atoms with Gasteiger partial charge in [-0.1, -0.05) is 34.1 Å². The Hall–Kier alpha value is -1.62. The molecule has 1 aromatic heterocycles. The Morgan fingerprint density at radius 2 is 2.15 bits per heavy atom. The molecule has 0 unspecified atom stereocenters. The number of hydrogen-bond acceptors (Lipinski definition) is 2. The molecule has 0 radical (unpaired) electrons. The summed E-state index contributed by atoms with van der Waals surface area (Å²) in [6, 6.07) is 7.80. The van der Waals surface area contributed by atoms with Gasteiger partial charge < -0.3 is 9.88 Å². The lowest BCUT2D eigenvalue weighted by Crippen LogP contribution is -2.26. The van der Waals surface area contributed by atoms with Crippen LogP contribution in [0.3, 0.4) is 0 Å². The smallest absolute Gasteiger partial charge is 0.224 e. The monoisotopic (exact) mass is 335 g/mol. The fourth-order valence-electron chi connectivity index (χ4n) is 1.94. The summed E-state index contributed by atoms with van der Waals surface area (Å²) in [6.07, 6.45) is 7.96. The van der Waals surface area contributed by atoms with E-state index in [0.29, 0.717) is 6.42 Å². The van der Waals surface area contributed by atoms with Crippen LogP contribution in [0, 0.1) is 0 Å². The van der Waals surface area contributed by atoms with Crippen molar-refractivity contribution in [3.8, 4) is 0 Å². The van der Waals surface area contributed by atoms with Gasteiger partial charge in [-0.2, -0.15) is 0 Å². The second-order valence-electron chi connectivity index (χ2n) is 4.63. The van der Waals surface area contributed by atoms with Crippen LogP contribution in [0.5, 0.6) is 0 Å². The first kappa shape index (κ1) is 14.8. The van der Waals surface area contributed by atoms with Crippen molar-refractivity contribution in [2.45, 2.75) is 25.8 Å². The average Bonchev–Trinajstić information content (AvgIpc) is 2.94. The molecule has 2 aromatic rings. The highest BCUT2D eigenvalue weighted by Gasteiger charge is 2.05. The zero-order valence-electron chi connectivity index (χ0n) is 11.3. The standard InChI is InChI=1S/C15H18BrN3O/c16-14-6-2-1-5-13(14)11-15(20)18-7-3-4-9-19-10-8-17-12-19/h1-2,5-6,8,10,12H,3-4,7,9,11H2,(H,18,20).